The quantitative estimate of drug-likeness (QED) is 0.744. The van der Waals surface area contributed by atoms with Crippen LogP contribution in [0.4, 0.5) is 5.82 Å². The third-order valence-corrected chi connectivity index (χ3v) is 2.33. The van der Waals surface area contributed by atoms with Crippen LogP contribution in [0.3, 0.4) is 0 Å². The summed E-state index contributed by atoms with van der Waals surface area (Å²) in [5, 5.41) is 0.413. The average Bonchev–Trinajstić information content (AvgIpc) is 2.67. The summed E-state index contributed by atoms with van der Waals surface area (Å²) in [6.07, 6.45) is 1.49. The maximum Gasteiger partial charge on any atom is 0.358 e. The number of nitrogens with two attached hydrogens (primary N) is 1. The molecule has 0 aromatic carbocycles. The van der Waals surface area contributed by atoms with Crippen molar-refractivity contribution in [3.8, 4) is 0 Å². The van der Waals surface area contributed by atoms with Gasteiger partial charge in [0.25, 0.3) is 0 Å². The number of methoxy groups -OCH3 is 1. The summed E-state index contributed by atoms with van der Waals surface area (Å²) in [6.45, 7) is 0. The van der Waals surface area contributed by atoms with Crippen LogP contribution in [0, 0.1) is 0 Å². The lowest BCUT2D eigenvalue weighted by Crippen LogP contribution is -2.00. The van der Waals surface area contributed by atoms with Gasteiger partial charge in [0, 0.05) is 6.20 Å². The summed E-state index contributed by atoms with van der Waals surface area (Å²) in [5.74, 6) is -0.161. The van der Waals surface area contributed by atoms with Gasteiger partial charge in [0.1, 0.15) is 11.5 Å². The average molecular weight is 226 g/mol. The number of carbonyl (C=O) groups is 1. The van der Waals surface area contributed by atoms with Crippen molar-refractivity contribution < 1.29 is 9.53 Å². The number of anilines is 1. The number of esters is 1. The summed E-state index contributed by atoms with van der Waals surface area (Å²) in [5.41, 5.74) is 6.47. The summed E-state index contributed by atoms with van der Waals surface area (Å²) < 4.78 is 6.08. The number of pyridine rings is 1. The number of aromatic nitrogens is 2. The third kappa shape index (κ3) is 1.50. The van der Waals surface area contributed by atoms with Gasteiger partial charge in [-0.1, -0.05) is 11.6 Å². The molecular formula is C9H8ClN3O2. The molecule has 15 heavy (non-hydrogen) atoms. The molecule has 5 nitrogen and oxygen atoms in total. The van der Waals surface area contributed by atoms with Gasteiger partial charge in [-0.25, -0.2) is 9.78 Å². The lowest BCUT2D eigenvalue weighted by atomic mass is 10.4. The molecule has 2 aromatic rings. The van der Waals surface area contributed by atoms with E-state index < -0.39 is 5.97 Å². The molecule has 0 fully saturated rings. The van der Waals surface area contributed by atoms with E-state index >= 15 is 0 Å². The predicted octanol–water partition coefficient (Wildman–Crippen LogP) is 1.36. The van der Waals surface area contributed by atoms with E-state index in [1.165, 1.54) is 17.7 Å². The van der Waals surface area contributed by atoms with Crippen molar-refractivity contribution >= 4 is 29.0 Å². The number of carbonyl (C=O) groups excluding carboxylic acids is 1. The van der Waals surface area contributed by atoms with E-state index in [0.29, 0.717) is 16.5 Å². The Morgan fingerprint density at radius 1 is 1.60 bits per heavy atom. The molecular weight excluding hydrogens is 218 g/mol. The predicted molar refractivity (Wildman–Crippen MR) is 56.0 cm³/mol. The summed E-state index contributed by atoms with van der Waals surface area (Å²) in [7, 11) is 1.29. The standard InChI is InChI=1S/C9H8ClN3O2/c1-15-9(14)6-4-13-7(12-6)3-2-5(10)8(13)11/h2-4H,11H2,1H3. The van der Waals surface area contributed by atoms with Gasteiger partial charge in [0.15, 0.2) is 5.69 Å². The summed E-state index contributed by atoms with van der Waals surface area (Å²) in [4.78, 5) is 15.2. The van der Waals surface area contributed by atoms with Crippen LogP contribution in [0.5, 0.6) is 0 Å². The van der Waals surface area contributed by atoms with Gasteiger partial charge in [0.2, 0.25) is 0 Å². The monoisotopic (exact) mass is 225 g/mol. The first kappa shape index (κ1) is 9.79. The molecule has 0 aliphatic carbocycles. The Kier molecular flexibility index (Phi) is 2.24. The fraction of sp³-hybridized carbons (Fsp3) is 0.111. The molecule has 2 heterocycles. The van der Waals surface area contributed by atoms with Gasteiger partial charge in [-0.15, -0.1) is 0 Å². The number of rotatable bonds is 1. The van der Waals surface area contributed by atoms with Crippen LogP contribution in [0.1, 0.15) is 10.5 Å². The van der Waals surface area contributed by atoms with Crippen LogP contribution in [-0.2, 0) is 4.74 Å². The first-order chi connectivity index (χ1) is 7.13. The Hall–Kier alpha value is -1.75. The highest BCUT2D eigenvalue weighted by Crippen LogP contribution is 2.20. The first-order valence-electron chi connectivity index (χ1n) is 4.15. The van der Waals surface area contributed by atoms with Gasteiger partial charge in [0.05, 0.1) is 12.1 Å². The molecule has 0 spiro atoms. The molecule has 78 valence electrons. The minimum absolute atomic E-state index is 0.200. The molecule has 0 saturated heterocycles. The summed E-state index contributed by atoms with van der Waals surface area (Å²) >= 11 is 5.82. The number of halogens is 1. The van der Waals surface area contributed by atoms with Gasteiger partial charge in [-0.2, -0.15) is 0 Å². The normalized spacial score (nSPS) is 10.5. The second-order valence-electron chi connectivity index (χ2n) is 2.91. The van der Waals surface area contributed by atoms with Crippen molar-refractivity contribution in [1.82, 2.24) is 9.38 Å². The lowest BCUT2D eigenvalue weighted by Gasteiger charge is -1.99. The number of fused-ring (bicyclic) bond motifs is 1. The van der Waals surface area contributed by atoms with Crippen molar-refractivity contribution in [1.29, 1.82) is 0 Å². The maximum atomic E-state index is 11.2. The number of hydrogen-bond acceptors (Lipinski definition) is 4. The molecule has 0 bridgehead atoms. The maximum absolute atomic E-state index is 11.2. The van der Waals surface area contributed by atoms with Crippen molar-refractivity contribution in [2.24, 2.45) is 0 Å². The van der Waals surface area contributed by atoms with Crippen molar-refractivity contribution in [2.75, 3.05) is 12.8 Å². The Balaban J connectivity index is 2.66. The topological polar surface area (TPSA) is 69.6 Å². The molecule has 0 aliphatic rings. The fourth-order valence-electron chi connectivity index (χ4n) is 1.26. The van der Waals surface area contributed by atoms with Crippen molar-refractivity contribution in [2.45, 2.75) is 0 Å². The summed E-state index contributed by atoms with van der Waals surface area (Å²) in [6, 6.07) is 3.30. The SMILES string of the molecule is COC(=O)c1cn2c(N)c(Cl)ccc2n1. The Labute approximate surface area is 90.4 Å². The second kappa shape index (κ2) is 3.43. The highest BCUT2D eigenvalue weighted by molar-refractivity contribution is 6.32. The van der Waals surface area contributed by atoms with Crippen molar-refractivity contribution in [3.05, 3.63) is 29.0 Å². The largest absolute Gasteiger partial charge is 0.464 e. The molecule has 0 atom stereocenters. The molecule has 2 rings (SSSR count). The third-order valence-electron chi connectivity index (χ3n) is 2.01. The molecule has 0 saturated carbocycles. The van der Waals surface area contributed by atoms with Gasteiger partial charge >= 0.3 is 5.97 Å². The number of nitrogen functional groups attached to an aromatic ring is 1. The lowest BCUT2D eigenvalue weighted by molar-refractivity contribution is 0.0595. The van der Waals surface area contributed by atoms with Gasteiger partial charge in [-0.3, -0.25) is 4.40 Å². The Morgan fingerprint density at radius 3 is 3.00 bits per heavy atom. The number of nitrogens with zero attached hydrogens (tertiary/aromatic N) is 2. The molecule has 0 aliphatic heterocycles. The number of ether oxygens (including phenoxy) is 1. The van der Waals surface area contributed by atoms with Crippen molar-refractivity contribution in [3.63, 3.8) is 0 Å². The number of hydrogen-bond donors (Lipinski definition) is 1. The van der Waals surface area contributed by atoms with E-state index in [2.05, 4.69) is 9.72 Å². The van der Waals surface area contributed by atoms with E-state index in [1.807, 2.05) is 0 Å². The van der Waals surface area contributed by atoms with Gasteiger partial charge in [-0.05, 0) is 12.1 Å². The Bertz CT molecular complexity index is 535. The van der Waals surface area contributed by atoms with E-state index in [-0.39, 0.29) is 5.69 Å². The second-order valence-corrected chi connectivity index (χ2v) is 3.32. The van der Waals surface area contributed by atoms with E-state index in [1.54, 1.807) is 12.1 Å². The van der Waals surface area contributed by atoms with Crippen LogP contribution >= 0.6 is 11.6 Å². The molecule has 0 amide bonds. The zero-order valence-corrected chi connectivity index (χ0v) is 8.65. The van der Waals surface area contributed by atoms with E-state index in [0.717, 1.165) is 0 Å². The van der Waals surface area contributed by atoms with E-state index in [9.17, 15) is 4.79 Å². The smallest absolute Gasteiger partial charge is 0.358 e. The van der Waals surface area contributed by atoms with Crippen LogP contribution in [0.25, 0.3) is 5.65 Å². The Morgan fingerprint density at radius 2 is 2.33 bits per heavy atom. The highest BCUT2D eigenvalue weighted by Gasteiger charge is 2.12. The van der Waals surface area contributed by atoms with Crippen LogP contribution in [0.15, 0.2) is 18.3 Å². The minimum Gasteiger partial charge on any atom is -0.464 e. The molecule has 0 radical (unpaired) electrons. The molecule has 2 aromatic heterocycles. The zero-order chi connectivity index (χ0) is 11.0. The molecule has 6 heteroatoms. The number of imidazole rings is 1. The minimum atomic E-state index is -0.505. The molecule has 0 unspecified atom stereocenters. The van der Waals surface area contributed by atoms with Crippen LogP contribution < -0.4 is 5.73 Å². The van der Waals surface area contributed by atoms with Gasteiger partial charge < -0.3 is 10.5 Å². The molecule has 2 N–H and O–H groups in total. The fourth-order valence-corrected chi connectivity index (χ4v) is 1.41. The van der Waals surface area contributed by atoms with Crippen LogP contribution in [0.2, 0.25) is 5.02 Å². The van der Waals surface area contributed by atoms with E-state index in [4.69, 9.17) is 17.3 Å². The zero-order valence-electron chi connectivity index (χ0n) is 7.90. The first-order valence-corrected chi connectivity index (χ1v) is 4.52. The highest BCUT2D eigenvalue weighted by atomic mass is 35.5. The van der Waals surface area contributed by atoms with Crippen LogP contribution in [-0.4, -0.2) is 22.5 Å².